The highest BCUT2D eigenvalue weighted by Gasteiger charge is 2.30. The number of carboxylic acids is 1. The molecule has 1 aromatic rings. The number of hydrogen-bond acceptors (Lipinski definition) is 3. The zero-order valence-electron chi connectivity index (χ0n) is 11.3. The van der Waals surface area contributed by atoms with Gasteiger partial charge in [-0.05, 0) is 50.3 Å². The van der Waals surface area contributed by atoms with E-state index in [1.807, 2.05) is 19.1 Å². The molecule has 1 unspecified atom stereocenters. The lowest BCUT2D eigenvalue weighted by atomic mass is 9.96. The number of carbonyl (C=O) groups is 1. The molecule has 1 rings (SSSR count). The molecule has 1 aromatic carbocycles. The Morgan fingerprint density at radius 2 is 2.26 bits per heavy atom. The van der Waals surface area contributed by atoms with Gasteiger partial charge in [-0.3, -0.25) is 4.79 Å². The fraction of sp³-hybridized carbons (Fsp3) is 0.500. The monoisotopic (exact) mass is 345 g/mol. The second-order valence-electron chi connectivity index (χ2n) is 4.58. The maximum atomic E-state index is 11.2. The van der Waals surface area contributed by atoms with E-state index >= 15 is 0 Å². The second-order valence-corrected chi connectivity index (χ2v) is 6.66. The van der Waals surface area contributed by atoms with Gasteiger partial charge in [-0.1, -0.05) is 28.9 Å². The number of benzene rings is 1. The van der Waals surface area contributed by atoms with Crippen molar-refractivity contribution < 1.29 is 9.90 Å². The summed E-state index contributed by atoms with van der Waals surface area (Å²) in [4.78, 5) is 12.4. The van der Waals surface area contributed by atoms with Gasteiger partial charge in [0.15, 0.2) is 0 Å². The highest BCUT2D eigenvalue weighted by Crippen LogP contribution is 2.24. The molecule has 0 aromatic heterocycles. The Bertz CT molecular complexity index is 428. The van der Waals surface area contributed by atoms with Gasteiger partial charge in [-0.25, -0.2) is 0 Å². The van der Waals surface area contributed by atoms with Crippen molar-refractivity contribution in [2.75, 3.05) is 12.3 Å². The smallest absolute Gasteiger partial charge is 0.323 e. The molecule has 0 aliphatic carbocycles. The minimum Gasteiger partial charge on any atom is -0.480 e. The molecule has 0 fully saturated rings. The fourth-order valence-corrected chi connectivity index (χ4v) is 3.29. The molecule has 0 heterocycles. The third-order valence-corrected chi connectivity index (χ3v) is 4.50. The number of aliphatic carboxylic acids is 1. The topological polar surface area (TPSA) is 49.3 Å². The lowest BCUT2D eigenvalue weighted by Crippen LogP contribution is -2.49. The van der Waals surface area contributed by atoms with E-state index < -0.39 is 11.5 Å². The molecule has 0 saturated carbocycles. The Labute approximate surface area is 127 Å². The molecule has 0 radical (unpaired) electrons. The van der Waals surface area contributed by atoms with E-state index in [-0.39, 0.29) is 0 Å². The lowest BCUT2D eigenvalue weighted by Gasteiger charge is -2.25. The third-order valence-electron chi connectivity index (χ3n) is 2.92. The maximum absolute atomic E-state index is 11.2. The predicted octanol–water partition coefficient (Wildman–Crippen LogP) is 3.77. The Balaban J connectivity index is 2.39. The van der Waals surface area contributed by atoms with E-state index in [9.17, 15) is 9.90 Å². The van der Waals surface area contributed by atoms with Crippen molar-refractivity contribution in [2.45, 2.75) is 37.1 Å². The molecule has 0 aliphatic heterocycles. The number of halogens is 1. The van der Waals surface area contributed by atoms with Crippen LogP contribution in [-0.4, -0.2) is 28.9 Å². The van der Waals surface area contributed by atoms with Crippen molar-refractivity contribution in [3.05, 3.63) is 28.7 Å². The van der Waals surface area contributed by atoms with E-state index in [0.717, 1.165) is 16.6 Å². The van der Waals surface area contributed by atoms with Crippen LogP contribution < -0.4 is 5.32 Å². The second kappa shape index (κ2) is 7.92. The molecule has 106 valence electrons. The minimum absolute atomic E-state index is 0.636. The molecule has 3 nitrogen and oxygen atoms in total. The van der Waals surface area contributed by atoms with Crippen molar-refractivity contribution in [3.63, 3.8) is 0 Å². The lowest BCUT2D eigenvalue weighted by molar-refractivity contribution is -0.144. The number of nitrogens with one attached hydrogen (secondary N) is 1. The first-order valence-corrected chi connectivity index (χ1v) is 8.12. The highest BCUT2D eigenvalue weighted by molar-refractivity contribution is 9.10. The quantitative estimate of drug-likeness (QED) is 0.556. The molecule has 0 saturated heterocycles. The largest absolute Gasteiger partial charge is 0.480 e. The number of thioether (sulfide) groups is 1. The summed E-state index contributed by atoms with van der Waals surface area (Å²) in [7, 11) is 0. The summed E-state index contributed by atoms with van der Waals surface area (Å²) in [6, 6.07) is 8.14. The van der Waals surface area contributed by atoms with Crippen LogP contribution in [0.3, 0.4) is 0 Å². The van der Waals surface area contributed by atoms with Crippen LogP contribution in [0.1, 0.15) is 26.7 Å². The van der Waals surface area contributed by atoms with Gasteiger partial charge in [0.25, 0.3) is 0 Å². The molecular formula is C14H20BrNO2S. The van der Waals surface area contributed by atoms with Crippen LogP contribution in [0.25, 0.3) is 0 Å². The van der Waals surface area contributed by atoms with Crippen LogP contribution in [0, 0.1) is 0 Å². The zero-order valence-corrected chi connectivity index (χ0v) is 13.7. The van der Waals surface area contributed by atoms with Gasteiger partial charge in [-0.15, -0.1) is 11.8 Å². The summed E-state index contributed by atoms with van der Waals surface area (Å²) in [5.74, 6) is 0.145. The maximum Gasteiger partial charge on any atom is 0.323 e. The van der Waals surface area contributed by atoms with Crippen LogP contribution in [0.4, 0.5) is 0 Å². The van der Waals surface area contributed by atoms with Crippen molar-refractivity contribution in [1.82, 2.24) is 5.32 Å². The van der Waals surface area contributed by atoms with Gasteiger partial charge in [0.1, 0.15) is 5.54 Å². The van der Waals surface area contributed by atoms with Gasteiger partial charge < -0.3 is 10.4 Å². The molecule has 1 atom stereocenters. The summed E-state index contributed by atoms with van der Waals surface area (Å²) in [6.07, 6.45) is 1.50. The van der Waals surface area contributed by atoms with Crippen LogP contribution in [0.15, 0.2) is 33.6 Å². The average molecular weight is 346 g/mol. The molecule has 0 spiro atoms. The van der Waals surface area contributed by atoms with Crippen molar-refractivity contribution in [3.8, 4) is 0 Å². The number of carboxylic acid groups (broad SMARTS) is 1. The molecular weight excluding hydrogens is 326 g/mol. The van der Waals surface area contributed by atoms with E-state index in [1.165, 1.54) is 4.90 Å². The molecule has 0 bridgehead atoms. The normalized spacial score (nSPS) is 14.1. The Morgan fingerprint density at radius 1 is 1.53 bits per heavy atom. The van der Waals surface area contributed by atoms with Crippen molar-refractivity contribution in [1.29, 1.82) is 0 Å². The molecule has 5 heteroatoms. The Morgan fingerprint density at radius 3 is 2.84 bits per heavy atom. The fourth-order valence-electron chi connectivity index (χ4n) is 1.83. The summed E-state index contributed by atoms with van der Waals surface area (Å²) in [5, 5.41) is 12.3. The highest BCUT2D eigenvalue weighted by atomic mass is 79.9. The summed E-state index contributed by atoms with van der Waals surface area (Å²) in [5.41, 5.74) is -0.813. The average Bonchev–Trinajstić information content (AvgIpc) is 2.35. The molecule has 2 N–H and O–H groups in total. The van der Waals surface area contributed by atoms with E-state index in [0.29, 0.717) is 13.0 Å². The third kappa shape index (κ3) is 5.55. The first kappa shape index (κ1) is 16.5. The van der Waals surface area contributed by atoms with Crippen LogP contribution in [-0.2, 0) is 4.79 Å². The van der Waals surface area contributed by atoms with Gasteiger partial charge in [-0.2, -0.15) is 0 Å². The summed E-state index contributed by atoms with van der Waals surface area (Å²) in [6.45, 7) is 4.35. The number of hydrogen-bond donors (Lipinski definition) is 2. The van der Waals surface area contributed by atoms with E-state index in [2.05, 4.69) is 33.4 Å². The van der Waals surface area contributed by atoms with Crippen molar-refractivity contribution in [2.24, 2.45) is 0 Å². The van der Waals surface area contributed by atoms with Gasteiger partial charge in [0.05, 0.1) is 0 Å². The van der Waals surface area contributed by atoms with Gasteiger partial charge in [0, 0.05) is 9.37 Å². The van der Waals surface area contributed by atoms with E-state index in [4.69, 9.17) is 0 Å². The SMILES string of the molecule is CCNC(C)(CCCSc1cccc(Br)c1)C(=O)O. The van der Waals surface area contributed by atoms with Gasteiger partial charge >= 0.3 is 5.97 Å². The first-order chi connectivity index (χ1) is 8.98. The standard InChI is InChI=1S/C14H20BrNO2S/c1-3-16-14(2,13(17)18)8-5-9-19-12-7-4-6-11(15)10-12/h4,6-7,10,16H,3,5,8-9H2,1-2H3,(H,17,18). The van der Waals surface area contributed by atoms with Crippen LogP contribution in [0.5, 0.6) is 0 Å². The van der Waals surface area contributed by atoms with Crippen LogP contribution in [0.2, 0.25) is 0 Å². The van der Waals surface area contributed by atoms with Gasteiger partial charge in [0.2, 0.25) is 0 Å². The minimum atomic E-state index is -0.813. The molecule has 0 aliphatic rings. The van der Waals surface area contributed by atoms with Crippen LogP contribution >= 0.6 is 27.7 Å². The predicted molar refractivity (Wildman–Crippen MR) is 83.8 cm³/mol. The Hall–Kier alpha value is -0.520. The van der Waals surface area contributed by atoms with E-state index in [1.54, 1.807) is 18.7 Å². The van der Waals surface area contributed by atoms with Crippen molar-refractivity contribution >= 4 is 33.7 Å². The number of likely N-dealkylation sites (N-methyl/N-ethyl adjacent to an activating group) is 1. The Kier molecular flexibility index (Phi) is 6.89. The summed E-state index contributed by atoms with van der Waals surface area (Å²) < 4.78 is 1.07. The first-order valence-electron chi connectivity index (χ1n) is 6.35. The number of rotatable bonds is 8. The molecule has 0 amide bonds. The zero-order chi connectivity index (χ0) is 14.3. The summed E-state index contributed by atoms with van der Waals surface area (Å²) >= 11 is 5.20. The molecule has 19 heavy (non-hydrogen) atoms.